The molecule has 0 saturated heterocycles. The van der Waals surface area contributed by atoms with Gasteiger partial charge in [0.25, 0.3) is 0 Å². The molecule has 0 unspecified atom stereocenters. The zero-order chi connectivity index (χ0) is 14.5. The molecule has 0 spiro atoms. The number of sulfone groups is 1. The third-order valence-corrected chi connectivity index (χ3v) is 4.50. The molecule has 19 heavy (non-hydrogen) atoms. The van der Waals surface area contributed by atoms with Crippen molar-refractivity contribution in [3.05, 3.63) is 29.3 Å². The fourth-order valence-corrected chi connectivity index (χ4v) is 2.86. The van der Waals surface area contributed by atoms with Gasteiger partial charge in [0.05, 0.1) is 17.1 Å². The maximum atomic E-state index is 11.5. The Morgan fingerprint density at radius 2 is 2.00 bits per heavy atom. The van der Waals surface area contributed by atoms with Crippen LogP contribution >= 0.6 is 0 Å². The lowest BCUT2D eigenvalue weighted by Gasteiger charge is -2.10. The number of carboxylic acid groups (broad SMARTS) is 1. The van der Waals surface area contributed by atoms with Crippen molar-refractivity contribution in [2.45, 2.75) is 20.3 Å². The molecule has 0 fully saturated rings. The third kappa shape index (κ3) is 4.55. The molecule has 106 valence electrons. The van der Waals surface area contributed by atoms with E-state index in [0.29, 0.717) is 17.7 Å². The molecule has 0 bridgehead atoms. The maximum absolute atomic E-state index is 11.5. The molecule has 0 aromatic heterocycles. The van der Waals surface area contributed by atoms with Crippen LogP contribution in [0.5, 0.6) is 5.75 Å². The Morgan fingerprint density at radius 3 is 2.58 bits per heavy atom. The van der Waals surface area contributed by atoms with Crippen molar-refractivity contribution >= 4 is 15.8 Å². The van der Waals surface area contributed by atoms with Gasteiger partial charge in [-0.25, -0.2) is 13.2 Å². The lowest BCUT2D eigenvalue weighted by Crippen LogP contribution is -2.17. The molecule has 5 nitrogen and oxygen atoms in total. The normalized spacial score (nSPS) is 11.3. The summed E-state index contributed by atoms with van der Waals surface area (Å²) in [5, 5.41) is 8.96. The van der Waals surface area contributed by atoms with E-state index in [1.54, 1.807) is 26.0 Å². The van der Waals surface area contributed by atoms with Crippen molar-refractivity contribution in [2.24, 2.45) is 0 Å². The van der Waals surface area contributed by atoms with E-state index in [4.69, 9.17) is 9.84 Å². The Hall–Kier alpha value is -1.56. The van der Waals surface area contributed by atoms with E-state index in [2.05, 4.69) is 0 Å². The van der Waals surface area contributed by atoms with Crippen molar-refractivity contribution in [2.75, 3.05) is 18.1 Å². The first-order valence-electron chi connectivity index (χ1n) is 6.03. The second-order valence-electron chi connectivity index (χ2n) is 4.23. The van der Waals surface area contributed by atoms with Gasteiger partial charge in [-0.3, -0.25) is 0 Å². The summed E-state index contributed by atoms with van der Waals surface area (Å²) in [7, 11) is -3.08. The van der Waals surface area contributed by atoms with Crippen LogP contribution in [0.25, 0.3) is 0 Å². The van der Waals surface area contributed by atoms with Crippen molar-refractivity contribution in [3.63, 3.8) is 0 Å². The molecule has 0 atom stereocenters. The van der Waals surface area contributed by atoms with Gasteiger partial charge >= 0.3 is 5.97 Å². The summed E-state index contributed by atoms with van der Waals surface area (Å²) in [4.78, 5) is 10.9. The van der Waals surface area contributed by atoms with Gasteiger partial charge in [0.15, 0.2) is 9.84 Å². The molecule has 0 saturated carbocycles. The van der Waals surface area contributed by atoms with Crippen LogP contribution < -0.4 is 4.74 Å². The van der Waals surface area contributed by atoms with Crippen molar-refractivity contribution in [1.82, 2.24) is 0 Å². The number of hydrogen-bond acceptors (Lipinski definition) is 4. The molecule has 6 heteroatoms. The van der Waals surface area contributed by atoms with Crippen LogP contribution in [0, 0.1) is 6.92 Å². The second kappa shape index (κ2) is 6.56. The van der Waals surface area contributed by atoms with E-state index in [1.165, 1.54) is 6.07 Å². The molecule has 1 aromatic carbocycles. The molecule has 1 N–H and O–H groups in total. The third-order valence-electron chi connectivity index (χ3n) is 2.68. The summed E-state index contributed by atoms with van der Waals surface area (Å²) < 4.78 is 28.4. The van der Waals surface area contributed by atoms with Crippen LogP contribution in [0.15, 0.2) is 18.2 Å². The minimum atomic E-state index is -3.08. The number of rotatable bonds is 7. The van der Waals surface area contributed by atoms with Crippen LogP contribution in [0.1, 0.15) is 29.3 Å². The van der Waals surface area contributed by atoms with Gasteiger partial charge in [-0.2, -0.15) is 0 Å². The predicted octanol–water partition coefficient (Wildman–Crippen LogP) is 1.90. The molecule has 0 aliphatic carbocycles. The molecular weight excluding hydrogens is 268 g/mol. The number of carbonyl (C=O) groups is 1. The van der Waals surface area contributed by atoms with Crippen LogP contribution in [-0.4, -0.2) is 37.6 Å². The summed E-state index contributed by atoms with van der Waals surface area (Å²) in [6.45, 7) is 3.48. The predicted molar refractivity (Wildman–Crippen MR) is 72.6 cm³/mol. The SMILES string of the molecule is CCCS(=O)(=O)CCOc1cccc(C(=O)O)c1C. The van der Waals surface area contributed by atoms with E-state index < -0.39 is 15.8 Å². The lowest BCUT2D eigenvalue weighted by molar-refractivity contribution is 0.0695. The molecule has 1 aromatic rings. The number of benzene rings is 1. The Morgan fingerprint density at radius 1 is 1.32 bits per heavy atom. The largest absolute Gasteiger partial charge is 0.492 e. The van der Waals surface area contributed by atoms with Gasteiger partial charge in [-0.15, -0.1) is 0 Å². The molecule has 1 rings (SSSR count). The van der Waals surface area contributed by atoms with E-state index >= 15 is 0 Å². The maximum Gasteiger partial charge on any atom is 0.336 e. The minimum Gasteiger partial charge on any atom is -0.492 e. The Labute approximate surface area is 113 Å². The molecular formula is C13H18O5S. The first-order chi connectivity index (χ1) is 8.87. The summed E-state index contributed by atoms with van der Waals surface area (Å²) in [6.07, 6.45) is 0.579. The van der Waals surface area contributed by atoms with E-state index in [9.17, 15) is 13.2 Å². The highest BCUT2D eigenvalue weighted by Crippen LogP contribution is 2.21. The molecule has 0 radical (unpaired) electrons. The average Bonchev–Trinajstić information content (AvgIpc) is 2.30. The number of carboxylic acids is 1. The molecule has 0 heterocycles. The Kier molecular flexibility index (Phi) is 5.35. The van der Waals surface area contributed by atoms with Gasteiger partial charge in [-0.1, -0.05) is 13.0 Å². The van der Waals surface area contributed by atoms with Gasteiger partial charge in [0.2, 0.25) is 0 Å². The zero-order valence-corrected chi connectivity index (χ0v) is 11.9. The standard InChI is InChI=1S/C13H18O5S/c1-3-8-19(16,17)9-7-18-12-6-4-5-11(10(12)2)13(14)15/h4-6H,3,7-9H2,1-2H3,(H,14,15). The average molecular weight is 286 g/mol. The van der Waals surface area contributed by atoms with Crippen molar-refractivity contribution in [3.8, 4) is 5.75 Å². The summed E-state index contributed by atoms with van der Waals surface area (Å²) in [5.41, 5.74) is 0.664. The number of aromatic carboxylic acids is 1. The highest BCUT2D eigenvalue weighted by atomic mass is 32.2. The number of hydrogen-bond donors (Lipinski definition) is 1. The van der Waals surface area contributed by atoms with E-state index in [0.717, 1.165) is 0 Å². The summed E-state index contributed by atoms with van der Waals surface area (Å²) in [5.74, 6) is -0.532. The lowest BCUT2D eigenvalue weighted by atomic mass is 10.1. The fourth-order valence-electron chi connectivity index (χ4n) is 1.69. The molecule has 0 amide bonds. The topological polar surface area (TPSA) is 80.7 Å². The summed E-state index contributed by atoms with van der Waals surface area (Å²) >= 11 is 0. The molecule has 0 aliphatic rings. The Bertz CT molecular complexity index is 548. The molecule has 0 aliphatic heterocycles. The van der Waals surface area contributed by atoms with Gasteiger partial charge in [0.1, 0.15) is 12.4 Å². The van der Waals surface area contributed by atoms with Crippen LogP contribution in [0.2, 0.25) is 0 Å². The monoisotopic (exact) mass is 286 g/mol. The number of ether oxygens (including phenoxy) is 1. The quantitative estimate of drug-likeness (QED) is 0.828. The van der Waals surface area contributed by atoms with Gasteiger partial charge in [0, 0.05) is 5.56 Å². The smallest absolute Gasteiger partial charge is 0.336 e. The highest BCUT2D eigenvalue weighted by Gasteiger charge is 2.13. The minimum absolute atomic E-state index is 0.0340. The van der Waals surface area contributed by atoms with Crippen molar-refractivity contribution < 1.29 is 23.1 Å². The highest BCUT2D eigenvalue weighted by molar-refractivity contribution is 7.91. The fraction of sp³-hybridized carbons (Fsp3) is 0.462. The van der Waals surface area contributed by atoms with Gasteiger partial charge in [-0.05, 0) is 25.5 Å². The van der Waals surface area contributed by atoms with E-state index in [-0.39, 0.29) is 23.7 Å². The Balaban J connectivity index is 2.69. The zero-order valence-electron chi connectivity index (χ0n) is 11.0. The van der Waals surface area contributed by atoms with Crippen molar-refractivity contribution in [1.29, 1.82) is 0 Å². The van der Waals surface area contributed by atoms with E-state index in [1.807, 2.05) is 0 Å². The van der Waals surface area contributed by atoms with Gasteiger partial charge < -0.3 is 9.84 Å². The van der Waals surface area contributed by atoms with Crippen LogP contribution in [0.3, 0.4) is 0 Å². The summed E-state index contributed by atoms with van der Waals surface area (Å²) in [6, 6.07) is 4.69. The first kappa shape index (κ1) is 15.5. The van der Waals surface area contributed by atoms with Crippen LogP contribution in [-0.2, 0) is 9.84 Å². The second-order valence-corrected chi connectivity index (χ2v) is 6.54. The first-order valence-corrected chi connectivity index (χ1v) is 7.85. The van der Waals surface area contributed by atoms with Crippen LogP contribution in [0.4, 0.5) is 0 Å².